The molecule has 20 heavy (non-hydrogen) atoms. The quantitative estimate of drug-likeness (QED) is 0.865. The minimum Gasteiger partial charge on any atom is -0.486 e. The summed E-state index contributed by atoms with van der Waals surface area (Å²) in [6.07, 6.45) is 1.80. The molecule has 0 saturated carbocycles. The van der Waals surface area contributed by atoms with Crippen molar-refractivity contribution in [1.82, 2.24) is 10.3 Å². The summed E-state index contributed by atoms with van der Waals surface area (Å²) in [4.78, 5) is 4.21. The molecule has 1 aromatic carbocycles. The number of nitrogens with zero attached hydrogens (tertiary/aromatic N) is 1. The summed E-state index contributed by atoms with van der Waals surface area (Å²) in [6.45, 7) is 7.79. The molecule has 0 saturated heterocycles. The number of aromatic nitrogens is 1. The van der Waals surface area contributed by atoms with Gasteiger partial charge in [0.2, 0.25) is 0 Å². The van der Waals surface area contributed by atoms with Gasteiger partial charge in [-0.25, -0.2) is 4.98 Å². The van der Waals surface area contributed by atoms with E-state index < -0.39 is 0 Å². The molecule has 1 aromatic heterocycles. The van der Waals surface area contributed by atoms with Gasteiger partial charge >= 0.3 is 0 Å². The third-order valence-corrected chi connectivity index (χ3v) is 4.20. The van der Waals surface area contributed by atoms with Gasteiger partial charge in [0.1, 0.15) is 17.4 Å². The molecule has 0 unspecified atom stereocenters. The summed E-state index contributed by atoms with van der Waals surface area (Å²) >= 11 is 5.19. The summed E-state index contributed by atoms with van der Waals surface area (Å²) in [5.74, 6) is 0.870. The molecule has 0 bridgehead atoms. The maximum atomic E-state index is 5.78. The Kier molecular flexibility index (Phi) is 5.18. The van der Waals surface area contributed by atoms with Crippen molar-refractivity contribution < 1.29 is 4.74 Å². The molecule has 0 radical (unpaired) electrons. The fourth-order valence-electron chi connectivity index (χ4n) is 1.61. The highest BCUT2D eigenvalue weighted by Gasteiger charge is 2.10. The SMILES string of the molecule is CC(C)(C)NCc1cc(OCc2nccs2)ccc1Br. The van der Waals surface area contributed by atoms with Gasteiger partial charge in [0.15, 0.2) is 0 Å². The zero-order valence-electron chi connectivity index (χ0n) is 11.9. The molecule has 3 nitrogen and oxygen atoms in total. The van der Waals surface area contributed by atoms with Gasteiger partial charge in [0.05, 0.1) is 0 Å². The molecule has 0 fully saturated rings. The highest BCUT2D eigenvalue weighted by Crippen LogP contribution is 2.24. The van der Waals surface area contributed by atoms with E-state index in [1.54, 1.807) is 17.5 Å². The Morgan fingerprint density at radius 2 is 2.15 bits per heavy atom. The first-order chi connectivity index (χ1) is 9.44. The highest BCUT2D eigenvalue weighted by molar-refractivity contribution is 9.10. The van der Waals surface area contributed by atoms with Gasteiger partial charge in [0, 0.05) is 28.1 Å². The second-order valence-electron chi connectivity index (χ2n) is 5.57. The number of thiazole rings is 1. The van der Waals surface area contributed by atoms with Crippen molar-refractivity contribution >= 4 is 27.3 Å². The molecule has 0 atom stereocenters. The van der Waals surface area contributed by atoms with E-state index in [1.807, 2.05) is 17.5 Å². The molecule has 0 spiro atoms. The van der Waals surface area contributed by atoms with Crippen LogP contribution >= 0.6 is 27.3 Å². The topological polar surface area (TPSA) is 34.1 Å². The Hall–Kier alpha value is -0.910. The van der Waals surface area contributed by atoms with Crippen LogP contribution in [0.15, 0.2) is 34.2 Å². The fourth-order valence-corrected chi connectivity index (χ4v) is 2.52. The highest BCUT2D eigenvalue weighted by atomic mass is 79.9. The lowest BCUT2D eigenvalue weighted by Gasteiger charge is -2.21. The first-order valence-electron chi connectivity index (χ1n) is 6.49. The molecular formula is C15H19BrN2OS. The van der Waals surface area contributed by atoms with Crippen molar-refractivity contribution in [2.75, 3.05) is 0 Å². The van der Waals surface area contributed by atoms with Crippen molar-refractivity contribution in [2.45, 2.75) is 39.5 Å². The third kappa shape index (κ3) is 4.89. The smallest absolute Gasteiger partial charge is 0.140 e. The Morgan fingerprint density at radius 1 is 1.35 bits per heavy atom. The van der Waals surface area contributed by atoms with E-state index in [1.165, 1.54) is 5.56 Å². The maximum absolute atomic E-state index is 5.78. The Balaban J connectivity index is 2.00. The van der Waals surface area contributed by atoms with Gasteiger partial charge in [-0.05, 0) is 44.5 Å². The first-order valence-corrected chi connectivity index (χ1v) is 8.16. The van der Waals surface area contributed by atoms with E-state index in [0.717, 1.165) is 21.8 Å². The van der Waals surface area contributed by atoms with Gasteiger partial charge in [-0.15, -0.1) is 11.3 Å². The lowest BCUT2D eigenvalue weighted by Crippen LogP contribution is -2.35. The molecular weight excluding hydrogens is 336 g/mol. The zero-order valence-corrected chi connectivity index (χ0v) is 14.3. The van der Waals surface area contributed by atoms with Crippen LogP contribution in [0.25, 0.3) is 0 Å². The number of hydrogen-bond donors (Lipinski definition) is 1. The van der Waals surface area contributed by atoms with Gasteiger partial charge in [0.25, 0.3) is 0 Å². The normalized spacial score (nSPS) is 11.6. The lowest BCUT2D eigenvalue weighted by atomic mass is 10.1. The van der Waals surface area contributed by atoms with Crippen LogP contribution in [-0.4, -0.2) is 10.5 Å². The van der Waals surface area contributed by atoms with Gasteiger partial charge in [-0.1, -0.05) is 15.9 Å². The minimum atomic E-state index is 0.0944. The number of benzene rings is 1. The Bertz CT molecular complexity index is 549. The Morgan fingerprint density at radius 3 is 2.80 bits per heavy atom. The summed E-state index contributed by atoms with van der Waals surface area (Å²) in [5.41, 5.74) is 1.29. The van der Waals surface area contributed by atoms with Crippen molar-refractivity contribution in [3.63, 3.8) is 0 Å². The fraction of sp³-hybridized carbons (Fsp3) is 0.400. The molecule has 0 aliphatic rings. The average molecular weight is 355 g/mol. The standard InChI is InChI=1S/C15H19BrN2OS/c1-15(2,3)18-9-11-8-12(4-5-13(11)16)19-10-14-17-6-7-20-14/h4-8,18H,9-10H2,1-3H3. The predicted octanol–water partition coefficient (Wildman–Crippen LogP) is 4.37. The van der Waals surface area contributed by atoms with Crippen LogP contribution in [0.3, 0.4) is 0 Å². The van der Waals surface area contributed by atoms with Gasteiger partial charge < -0.3 is 10.1 Å². The van der Waals surface area contributed by atoms with Crippen LogP contribution in [0.1, 0.15) is 31.3 Å². The third-order valence-electron chi connectivity index (χ3n) is 2.67. The first kappa shape index (κ1) is 15.5. The van der Waals surface area contributed by atoms with Crippen LogP contribution in [0.2, 0.25) is 0 Å². The van der Waals surface area contributed by atoms with Crippen molar-refractivity contribution in [2.24, 2.45) is 0 Å². The van der Waals surface area contributed by atoms with Crippen LogP contribution in [0.5, 0.6) is 5.75 Å². The maximum Gasteiger partial charge on any atom is 0.140 e. The van der Waals surface area contributed by atoms with Crippen LogP contribution in [0.4, 0.5) is 0 Å². The molecule has 2 aromatic rings. The molecule has 0 amide bonds. The van der Waals surface area contributed by atoms with E-state index in [4.69, 9.17) is 4.74 Å². The average Bonchev–Trinajstić information content (AvgIpc) is 2.88. The summed E-state index contributed by atoms with van der Waals surface area (Å²) in [5, 5.41) is 6.43. The van der Waals surface area contributed by atoms with E-state index >= 15 is 0 Å². The molecule has 5 heteroatoms. The molecule has 108 valence electrons. The van der Waals surface area contributed by atoms with Gasteiger partial charge in [-0.3, -0.25) is 0 Å². The monoisotopic (exact) mass is 354 g/mol. The lowest BCUT2D eigenvalue weighted by molar-refractivity contribution is 0.305. The predicted molar refractivity (Wildman–Crippen MR) is 87.2 cm³/mol. The molecule has 0 aliphatic heterocycles. The van der Waals surface area contributed by atoms with Crippen molar-refractivity contribution in [3.8, 4) is 5.75 Å². The van der Waals surface area contributed by atoms with E-state index in [-0.39, 0.29) is 5.54 Å². The van der Waals surface area contributed by atoms with Crippen molar-refractivity contribution in [3.05, 3.63) is 44.8 Å². The van der Waals surface area contributed by atoms with Gasteiger partial charge in [-0.2, -0.15) is 0 Å². The molecule has 2 rings (SSSR count). The second-order valence-corrected chi connectivity index (χ2v) is 7.40. The van der Waals surface area contributed by atoms with Crippen molar-refractivity contribution in [1.29, 1.82) is 0 Å². The number of rotatable bonds is 5. The Labute approximate surface area is 132 Å². The molecule has 0 aliphatic carbocycles. The summed E-state index contributed by atoms with van der Waals surface area (Å²) in [7, 11) is 0. The van der Waals surface area contributed by atoms with E-state index in [2.05, 4.69) is 53.1 Å². The molecule has 1 heterocycles. The zero-order chi connectivity index (χ0) is 14.6. The van der Waals surface area contributed by atoms with E-state index in [9.17, 15) is 0 Å². The van der Waals surface area contributed by atoms with Crippen LogP contribution < -0.4 is 10.1 Å². The largest absolute Gasteiger partial charge is 0.486 e. The van der Waals surface area contributed by atoms with Crippen LogP contribution in [0, 0.1) is 0 Å². The number of hydrogen-bond acceptors (Lipinski definition) is 4. The molecule has 1 N–H and O–H groups in total. The van der Waals surface area contributed by atoms with Crippen LogP contribution in [-0.2, 0) is 13.2 Å². The number of ether oxygens (including phenoxy) is 1. The minimum absolute atomic E-state index is 0.0944. The number of nitrogens with one attached hydrogen (secondary N) is 1. The number of halogens is 1. The summed E-state index contributed by atoms with van der Waals surface area (Å²) in [6, 6.07) is 6.06. The van der Waals surface area contributed by atoms with E-state index in [0.29, 0.717) is 6.61 Å². The second kappa shape index (κ2) is 6.70. The summed E-state index contributed by atoms with van der Waals surface area (Å²) < 4.78 is 6.87.